The average molecular weight is 431 g/mol. The van der Waals surface area contributed by atoms with Gasteiger partial charge in [-0.1, -0.05) is 55.8 Å². The first-order valence-electron chi connectivity index (χ1n) is 10.3. The lowest BCUT2D eigenvalue weighted by Gasteiger charge is -2.29. The fourth-order valence-electron chi connectivity index (χ4n) is 2.96. The predicted octanol–water partition coefficient (Wildman–Crippen LogP) is 4.26. The van der Waals surface area contributed by atoms with Crippen molar-refractivity contribution in [2.45, 2.75) is 40.2 Å². The summed E-state index contributed by atoms with van der Waals surface area (Å²) in [6.45, 7) is 8.57. The maximum absolute atomic E-state index is 13.0. The Labute approximate surface area is 184 Å². The zero-order valence-electron chi connectivity index (χ0n) is 18.2. The van der Waals surface area contributed by atoms with Gasteiger partial charge in [0.1, 0.15) is 11.8 Å². The van der Waals surface area contributed by atoms with E-state index in [0.29, 0.717) is 36.2 Å². The van der Waals surface area contributed by atoms with Crippen molar-refractivity contribution in [3.8, 4) is 5.75 Å². The van der Waals surface area contributed by atoms with Crippen molar-refractivity contribution < 1.29 is 14.3 Å². The summed E-state index contributed by atoms with van der Waals surface area (Å²) in [6, 6.07) is 14.6. The molecule has 5 nitrogen and oxygen atoms in total. The van der Waals surface area contributed by atoms with Gasteiger partial charge >= 0.3 is 0 Å². The molecular formula is C24H31ClN2O3. The molecule has 6 heteroatoms. The highest BCUT2D eigenvalue weighted by atomic mass is 35.5. The Balaban J connectivity index is 2.06. The number of benzene rings is 2. The number of aryl methyl sites for hydroxylation is 1. The highest BCUT2D eigenvalue weighted by Gasteiger charge is 2.26. The van der Waals surface area contributed by atoms with Gasteiger partial charge in [-0.2, -0.15) is 0 Å². The molecule has 0 aliphatic carbocycles. The van der Waals surface area contributed by atoms with Crippen LogP contribution in [0.5, 0.6) is 5.75 Å². The average Bonchev–Trinajstić information content (AvgIpc) is 2.73. The van der Waals surface area contributed by atoms with Crippen LogP contribution in [-0.4, -0.2) is 42.5 Å². The van der Waals surface area contributed by atoms with E-state index in [0.717, 1.165) is 11.1 Å². The molecule has 2 amide bonds. The van der Waals surface area contributed by atoms with Crippen molar-refractivity contribution in [2.24, 2.45) is 5.92 Å². The minimum absolute atomic E-state index is 0.141. The minimum atomic E-state index is -0.587. The van der Waals surface area contributed by atoms with Gasteiger partial charge in [0, 0.05) is 18.1 Å². The van der Waals surface area contributed by atoms with Crippen molar-refractivity contribution >= 4 is 23.4 Å². The van der Waals surface area contributed by atoms with Gasteiger partial charge in [0.15, 0.2) is 6.61 Å². The van der Waals surface area contributed by atoms with E-state index >= 15 is 0 Å². The number of hydrogen-bond donors (Lipinski definition) is 1. The zero-order valence-corrected chi connectivity index (χ0v) is 18.9. The van der Waals surface area contributed by atoms with Crippen LogP contribution in [0.25, 0.3) is 0 Å². The lowest BCUT2D eigenvalue weighted by molar-refractivity contribution is -0.141. The van der Waals surface area contributed by atoms with E-state index in [-0.39, 0.29) is 18.4 Å². The summed E-state index contributed by atoms with van der Waals surface area (Å²) in [5, 5.41) is 3.56. The molecule has 2 aromatic carbocycles. The van der Waals surface area contributed by atoms with Gasteiger partial charge < -0.3 is 15.0 Å². The molecular weight excluding hydrogens is 400 g/mol. The van der Waals surface area contributed by atoms with Gasteiger partial charge in [0.2, 0.25) is 5.91 Å². The van der Waals surface area contributed by atoms with Crippen molar-refractivity contribution in [2.75, 3.05) is 19.7 Å². The molecule has 1 atom stereocenters. The molecule has 0 spiro atoms. The molecule has 1 N–H and O–H groups in total. The molecule has 0 fully saturated rings. The molecule has 0 aliphatic heterocycles. The summed E-state index contributed by atoms with van der Waals surface area (Å²) >= 11 is 6.05. The van der Waals surface area contributed by atoms with Crippen LogP contribution in [0.2, 0.25) is 5.02 Å². The molecule has 0 saturated heterocycles. The Bertz CT molecular complexity index is 840. The summed E-state index contributed by atoms with van der Waals surface area (Å²) in [4.78, 5) is 27.2. The number of ether oxygens (including phenoxy) is 1. The number of rotatable bonds is 10. The monoisotopic (exact) mass is 430 g/mol. The van der Waals surface area contributed by atoms with Crippen LogP contribution in [0.15, 0.2) is 48.5 Å². The maximum Gasteiger partial charge on any atom is 0.261 e. The van der Waals surface area contributed by atoms with Crippen molar-refractivity contribution in [3.63, 3.8) is 0 Å². The van der Waals surface area contributed by atoms with Crippen LogP contribution in [0.3, 0.4) is 0 Å². The third kappa shape index (κ3) is 7.38. The Morgan fingerprint density at radius 2 is 1.80 bits per heavy atom. The number of amides is 2. The number of halogens is 1. The van der Waals surface area contributed by atoms with Crippen LogP contribution >= 0.6 is 11.6 Å². The van der Waals surface area contributed by atoms with Gasteiger partial charge in [-0.25, -0.2) is 0 Å². The SMILES string of the molecule is Cc1cc(OCC(=O)N(CCc2ccccc2)[C@@H](C)C(=O)NCC(C)C)ccc1Cl. The lowest BCUT2D eigenvalue weighted by Crippen LogP contribution is -2.50. The van der Waals surface area contributed by atoms with Gasteiger partial charge in [0.25, 0.3) is 5.91 Å². The first-order chi connectivity index (χ1) is 14.3. The van der Waals surface area contributed by atoms with E-state index in [1.165, 1.54) is 0 Å². The van der Waals surface area contributed by atoms with Crippen LogP contribution in [0.1, 0.15) is 31.9 Å². The largest absolute Gasteiger partial charge is 0.484 e. The normalized spacial score (nSPS) is 11.8. The Kier molecular flexibility index (Phi) is 9.18. The standard InChI is InChI=1S/C24H31ClN2O3/c1-17(2)15-26-24(29)19(4)27(13-12-20-8-6-5-7-9-20)23(28)16-30-21-10-11-22(25)18(3)14-21/h5-11,14,17,19H,12-13,15-16H2,1-4H3,(H,26,29)/t19-/m0/s1. The van der Waals surface area contributed by atoms with Crippen LogP contribution in [0, 0.1) is 12.8 Å². The quantitative estimate of drug-likeness (QED) is 0.612. The van der Waals surface area contributed by atoms with Crippen LogP contribution in [-0.2, 0) is 16.0 Å². The minimum Gasteiger partial charge on any atom is -0.484 e. The molecule has 0 unspecified atom stereocenters. The third-order valence-electron chi connectivity index (χ3n) is 4.83. The Hall–Kier alpha value is -2.53. The number of nitrogens with one attached hydrogen (secondary N) is 1. The van der Waals surface area contributed by atoms with Crippen molar-refractivity contribution in [3.05, 3.63) is 64.7 Å². The zero-order chi connectivity index (χ0) is 22.1. The van der Waals surface area contributed by atoms with Gasteiger partial charge in [-0.05, 0) is 55.5 Å². The first kappa shape index (κ1) is 23.7. The second-order valence-corrected chi connectivity index (χ2v) is 8.24. The fourth-order valence-corrected chi connectivity index (χ4v) is 3.08. The second kappa shape index (κ2) is 11.6. The van der Waals surface area contributed by atoms with E-state index in [4.69, 9.17) is 16.3 Å². The van der Waals surface area contributed by atoms with Gasteiger partial charge in [-0.3, -0.25) is 9.59 Å². The topological polar surface area (TPSA) is 58.6 Å². The van der Waals surface area contributed by atoms with Crippen LogP contribution < -0.4 is 10.1 Å². The summed E-state index contributed by atoms with van der Waals surface area (Å²) in [7, 11) is 0. The van der Waals surface area contributed by atoms with Gasteiger partial charge in [-0.15, -0.1) is 0 Å². The summed E-state index contributed by atoms with van der Waals surface area (Å²) in [5.74, 6) is 0.523. The molecule has 0 saturated carbocycles. The van der Waals surface area contributed by atoms with E-state index in [1.54, 1.807) is 30.0 Å². The van der Waals surface area contributed by atoms with Gasteiger partial charge in [0.05, 0.1) is 0 Å². The van der Waals surface area contributed by atoms with E-state index in [2.05, 4.69) is 5.32 Å². The maximum atomic E-state index is 13.0. The Morgan fingerprint density at radius 1 is 1.10 bits per heavy atom. The summed E-state index contributed by atoms with van der Waals surface area (Å²) < 4.78 is 5.68. The molecule has 0 aliphatic rings. The smallest absolute Gasteiger partial charge is 0.261 e. The number of carbonyl (C=O) groups excluding carboxylic acids is 2. The molecule has 0 heterocycles. The van der Waals surface area contributed by atoms with Crippen molar-refractivity contribution in [1.29, 1.82) is 0 Å². The molecule has 162 valence electrons. The third-order valence-corrected chi connectivity index (χ3v) is 5.25. The number of nitrogens with zero attached hydrogens (tertiary/aromatic N) is 1. The molecule has 2 rings (SSSR count). The summed E-state index contributed by atoms with van der Waals surface area (Å²) in [6.07, 6.45) is 0.661. The van der Waals surface area contributed by atoms with Crippen LogP contribution in [0.4, 0.5) is 0 Å². The number of carbonyl (C=O) groups is 2. The lowest BCUT2D eigenvalue weighted by atomic mass is 10.1. The molecule has 0 radical (unpaired) electrons. The second-order valence-electron chi connectivity index (χ2n) is 7.84. The number of hydrogen-bond acceptors (Lipinski definition) is 3. The van der Waals surface area contributed by atoms with E-state index in [1.807, 2.05) is 51.1 Å². The predicted molar refractivity (Wildman–Crippen MR) is 121 cm³/mol. The van der Waals surface area contributed by atoms with Crippen molar-refractivity contribution in [1.82, 2.24) is 10.2 Å². The fraction of sp³-hybridized carbons (Fsp3) is 0.417. The highest BCUT2D eigenvalue weighted by Crippen LogP contribution is 2.21. The molecule has 30 heavy (non-hydrogen) atoms. The summed E-state index contributed by atoms with van der Waals surface area (Å²) in [5.41, 5.74) is 1.99. The molecule has 0 bridgehead atoms. The van der Waals surface area contributed by atoms with E-state index in [9.17, 15) is 9.59 Å². The molecule has 0 aromatic heterocycles. The van der Waals surface area contributed by atoms with E-state index < -0.39 is 6.04 Å². The molecule has 2 aromatic rings. The highest BCUT2D eigenvalue weighted by molar-refractivity contribution is 6.31. The first-order valence-corrected chi connectivity index (χ1v) is 10.7. The Morgan fingerprint density at radius 3 is 2.43 bits per heavy atom.